The van der Waals surface area contributed by atoms with Gasteiger partial charge in [0.05, 0.1) is 5.92 Å². The molecule has 0 saturated carbocycles. The number of carbonyl (C=O) groups is 1. The van der Waals surface area contributed by atoms with Crippen molar-refractivity contribution < 1.29 is 9.72 Å². The van der Waals surface area contributed by atoms with Crippen LogP contribution < -0.4 is 0 Å². The van der Waals surface area contributed by atoms with Gasteiger partial charge in [-0.25, -0.2) is 0 Å². The predicted molar refractivity (Wildman–Crippen MR) is 40.9 cm³/mol. The van der Waals surface area contributed by atoms with Gasteiger partial charge < -0.3 is 0 Å². The molecule has 0 amide bonds. The van der Waals surface area contributed by atoms with Gasteiger partial charge in [0, 0.05) is 4.92 Å². The highest BCUT2D eigenvalue weighted by atomic mass is 16.6. The van der Waals surface area contributed by atoms with Gasteiger partial charge in [0.15, 0.2) is 0 Å². The SMILES string of the molecule is CC(=O)C(C[N+](=O)[O-])C(C)C. The second kappa shape index (κ2) is 4.05. The molecule has 0 radical (unpaired) electrons. The van der Waals surface area contributed by atoms with E-state index in [2.05, 4.69) is 0 Å². The normalized spacial score (nSPS) is 13.1. The largest absolute Gasteiger partial charge is 0.299 e. The number of hydrogen-bond acceptors (Lipinski definition) is 3. The van der Waals surface area contributed by atoms with Crippen LogP contribution in [0.5, 0.6) is 0 Å². The van der Waals surface area contributed by atoms with E-state index in [1.54, 1.807) is 0 Å². The van der Waals surface area contributed by atoms with Crippen molar-refractivity contribution in [3.63, 3.8) is 0 Å². The van der Waals surface area contributed by atoms with E-state index in [-0.39, 0.29) is 18.2 Å². The molecule has 0 aromatic rings. The molecule has 0 spiro atoms. The fourth-order valence-electron chi connectivity index (χ4n) is 0.969. The minimum Gasteiger partial charge on any atom is -0.299 e. The summed E-state index contributed by atoms with van der Waals surface area (Å²) >= 11 is 0. The summed E-state index contributed by atoms with van der Waals surface area (Å²) in [6.07, 6.45) is 0. The van der Waals surface area contributed by atoms with E-state index in [1.165, 1.54) is 6.92 Å². The second-order valence-corrected chi connectivity index (χ2v) is 2.98. The Kier molecular flexibility index (Phi) is 3.71. The van der Waals surface area contributed by atoms with Gasteiger partial charge in [-0.15, -0.1) is 0 Å². The molecule has 1 atom stereocenters. The molecule has 0 aromatic heterocycles. The van der Waals surface area contributed by atoms with Crippen molar-refractivity contribution in [3.05, 3.63) is 10.1 Å². The summed E-state index contributed by atoms with van der Waals surface area (Å²) in [5.41, 5.74) is 0. The summed E-state index contributed by atoms with van der Waals surface area (Å²) in [5, 5.41) is 10.1. The summed E-state index contributed by atoms with van der Waals surface area (Å²) in [5.74, 6) is -0.473. The van der Waals surface area contributed by atoms with Crippen molar-refractivity contribution in [2.75, 3.05) is 6.54 Å². The van der Waals surface area contributed by atoms with Crippen LogP contribution in [-0.2, 0) is 4.79 Å². The maximum absolute atomic E-state index is 10.8. The van der Waals surface area contributed by atoms with Gasteiger partial charge >= 0.3 is 0 Å². The first-order valence-corrected chi connectivity index (χ1v) is 3.57. The molecular formula is C7H13NO3. The lowest BCUT2D eigenvalue weighted by Crippen LogP contribution is -2.25. The minimum atomic E-state index is -0.438. The molecule has 0 saturated heterocycles. The number of carbonyl (C=O) groups excluding carboxylic acids is 1. The number of nitro groups is 1. The maximum Gasteiger partial charge on any atom is 0.213 e. The lowest BCUT2D eigenvalue weighted by molar-refractivity contribution is -0.486. The van der Waals surface area contributed by atoms with E-state index in [0.29, 0.717) is 0 Å². The molecule has 0 aliphatic rings. The molecule has 0 bridgehead atoms. The molecule has 0 fully saturated rings. The lowest BCUT2D eigenvalue weighted by Gasteiger charge is -2.11. The van der Waals surface area contributed by atoms with E-state index in [1.807, 2.05) is 13.8 Å². The maximum atomic E-state index is 10.8. The Morgan fingerprint density at radius 1 is 1.55 bits per heavy atom. The lowest BCUT2D eigenvalue weighted by atomic mass is 9.92. The molecule has 4 nitrogen and oxygen atoms in total. The first-order chi connectivity index (χ1) is 4.95. The van der Waals surface area contributed by atoms with Crippen molar-refractivity contribution in [2.24, 2.45) is 11.8 Å². The van der Waals surface area contributed by atoms with Gasteiger partial charge in [0.1, 0.15) is 5.78 Å². The highest BCUT2D eigenvalue weighted by Crippen LogP contribution is 2.11. The summed E-state index contributed by atoms with van der Waals surface area (Å²) in [4.78, 5) is 20.4. The molecule has 0 aromatic carbocycles. The van der Waals surface area contributed by atoms with Gasteiger partial charge in [-0.2, -0.15) is 0 Å². The van der Waals surface area contributed by atoms with Gasteiger partial charge in [-0.05, 0) is 12.8 Å². The summed E-state index contributed by atoms with van der Waals surface area (Å²) in [7, 11) is 0. The van der Waals surface area contributed by atoms with Crippen molar-refractivity contribution >= 4 is 5.78 Å². The predicted octanol–water partition coefficient (Wildman–Crippen LogP) is 1.12. The molecule has 64 valence electrons. The average Bonchev–Trinajstić information content (AvgIpc) is 1.81. The van der Waals surface area contributed by atoms with Crippen LogP contribution >= 0.6 is 0 Å². The zero-order chi connectivity index (χ0) is 9.02. The number of hydrogen-bond donors (Lipinski definition) is 0. The van der Waals surface area contributed by atoms with Crippen LogP contribution in [0.2, 0.25) is 0 Å². The second-order valence-electron chi connectivity index (χ2n) is 2.98. The minimum absolute atomic E-state index is 0.0536. The molecule has 4 heteroatoms. The van der Waals surface area contributed by atoms with Crippen molar-refractivity contribution in [2.45, 2.75) is 20.8 Å². The van der Waals surface area contributed by atoms with E-state index >= 15 is 0 Å². The van der Waals surface area contributed by atoms with E-state index in [4.69, 9.17) is 0 Å². The Balaban J connectivity index is 4.12. The summed E-state index contributed by atoms with van der Waals surface area (Å²) < 4.78 is 0. The zero-order valence-electron chi connectivity index (χ0n) is 7.03. The van der Waals surface area contributed by atoms with E-state index in [9.17, 15) is 14.9 Å². The van der Waals surface area contributed by atoms with Crippen LogP contribution in [0, 0.1) is 22.0 Å². The smallest absolute Gasteiger partial charge is 0.213 e. The van der Waals surface area contributed by atoms with E-state index < -0.39 is 10.8 Å². The summed E-state index contributed by atoms with van der Waals surface area (Å²) in [6.45, 7) is 4.78. The molecule has 0 heterocycles. The number of rotatable bonds is 4. The topological polar surface area (TPSA) is 60.2 Å². The zero-order valence-corrected chi connectivity index (χ0v) is 7.03. The van der Waals surface area contributed by atoms with Crippen LogP contribution in [0.25, 0.3) is 0 Å². The quantitative estimate of drug-likeness (QED) is 0.456. The average molecular weight is 159 g/mol. The Morgan fingerprint density at radius 2 is 2.00 bits per heavy atom. The monoisotopic (exact) mass is 159 g/mol. The fraction of sp³-hybridized carbons (Fsp3) is 0.857. The van der Waals surface area contributed by atoms with Gasteiger partial charge in [0.25, 0.3) is 0 Å². The van der Waals surface area contributed by atoms with Gasteiger partial charge in [-0.1, -0.05) is 13.8 Å². The van der Waals surface area contributed by atoms with Crippen molar-refractivity contribution in [3.8, 4) is 0 Å². The van der Waals surface area contributed by atoms with Crippen LogP contribution in [-0.4, -0.2) is 17.3 Å². The first-order valence-electron chi connectivity index (χ1n) is 3.57. The van der Waals surface area contributed by atoms with Crippen LogP contribution in [0.1, 0.15) is 20.8 Å². The highest BCUT2D eigenvalue weighted by molar-refractivity contribution is 5.78. The molecule has 0 aliphatic heterocycles. The van der Waals surface area contributed by atoms with Crippen LogP contribution in [0.4, 0.5) is 0 Å². The van der Waals surface area contributed by atoms with Crippen LogP contribution in [0.15, 0.2) is 0 Å². The van der Waals surface area contributed by atoms with E-state index in [0.717, 1.165) is 0 Å². The standard InChI is InChI=1S/C7H13NO3/c1-5(2)7(6(3)9)4-8(10)11/h5,7H,4H2,1-3H3. The molecule has 0 rings (SSSR count). The third kappa shape index (κ3) is 3.70. The van der Waals surface area contributed by atoms with Gasteiger partial charge in [0.2, 0.25) is 6.54 Å². The van der Waals surface area contributed by atoms with Crippen molar-refractivity contribution in [1.82, 2.24) is 0 Å². The molecule has 0 N–H and O–H groups in total. The Labute approximate surface area is 65.7 Å². The number of nitrogens with zero attached hydrogens (tertiary/aromatic N) is 1. The molecule has 11 heavy (non-hydrogen) atoms. The fourth-order valence-corrected chi connectivity index (χ4v) is 0.969. The molecule has 1 unspecified atom stereocenters. The van der Waals surface area contributed by atoms with Crippen LogP contribution in [0.3, 0.4) is 0 Å². The molecular weight excluding hydrogens is 146 g/mol. The van der Waals surface area contributed by atoms with Crippen molar-refractivity contribution in [1.29, 1.82) is 0 Å². The highest BCUT2D eigenvalue weighted by Gasteiger charge is 2.23. The third-order valence-corrected chi connectivity index (χ3v) is 1.67. The number of Topliss-reactive ketones (excluding diaryl/α,β-unsaturated/α-hetero) is 1. The number of ketones is 1. The third-order valence-electron chi connectivity index (χ3n) is 1.67. The first kappa shape index (κ1) is 10.1. The Morgan fingerprint density at radius 3 is 2.09 bits per heavy atom. The van der Waals surface area contributed by atoms with Gasteiger partial charge in [-0.3, -0.25) is 14.9 Å². The molecule has 0 aliphatic carbocycles. The summed E-state index contributed by atoms with van der Waals surface area (Å²) in [6, 6.07) is 0. The Bertz CT molecular complexity index is 165. The Hall–Kier alpha value is -0.930.